The van der Waals surface area contributed by atoms with Crippen LogP contribution in [0.5, 0.6) is 5.75 Å². The molecule has 0 bridgehead atoms. The Hall–Kier alpha value is -3.88. The maximum atomic E-state index is 12.3. The average molecular weight is 506 g/mol. The van der Waals surface area contributed by atoms with E-state index < -0.39 is 12.0 Å². The molecule has 2 atom stereocenters. The number of hydrogen-bond acceptors (Lipinski definition) is 6. The molecule has 0 radical (unpaired) electrons. The summed E-state index contributed by atoms with van der Waals surface area (Å²) in [5.41, 5.74) is 2.18. The standard InChI is InChI=1S/C26H20ClN3O4S/c1-33-25(32)17-7-3-2-6-16(17)21-11-12-22(34-21)24-23(18-8-4-5-13-28-18)29-26(35)30(24)19-14-15(27)9-10-20(19)31/h2-14,23-24,31H,1H3,(H,29,35)/t23-,24-/m0/s1. The first-order chi connectivity index (χ1) is 17.0. The highest BCUT2D eigenvalue weighted by molar-refractivity contribution is 7.80. The fraction of sp³-hybridized carbons (Fsp3) is 0.115. The van der Waals surface area contributed by atoms with Crippen molar-refractivity contribution in [3.05, 3.63) is 101 Å². The number of thiocarbonyl (C=S) groups is 1. The monoisotopic (exact) mass is 505 g/mol. The summed E-state index contributed by atoms with van der Waals surface area (Å²) in [6.07, 6.45) is 1.71. The van der Waals surface area contributed by atoms with E-state index >= 15 is 0 Å². The summed E-state index contributed by atoms with van der Waals surface area (Å²) in [6.45, 7) is 0. The summed E-state index contributed by atoms with van der Waals surface area (Å²) in [5, 5.41) is 14.8. The molecule has 0 spiro atoms. The van der Waals surface area contributed by atoms with Crippen LogP contribution in [0.4, 0.5) is 5.69 Å². The molecule has 3 heterocycles. The van der Waals surface area contributed by atoms with E-state index in [-0.39, 0.29) is 11.8 Å². The molecule has 4 aromatic rings. The Balaban J connectivity index is 1.64. The summed E-state index contributed by atoms with van der Waals surface area (Å²) in [6, 6.07) is 20.2. The topological polar surface area (TPSA) is 87.8 Å². The van der Waals surface area contributed by atoms with E-state index in [0.29, 0.717) is 38.5 Å². The van der Waals surface area contributed by atoms with E-state index in [0.717, 1.165) is 5.69 Å². The van der Waals surface area contributed by atoms with Crippen LogP contribution < -0.4 is 10.2 Å². The molecule has 9 heteroatoms. The number of phenolic OH excluding ortho intramolecular Hbond substituents is 1. The number of hydrogen-bond donors (Lipinski definition) is 2. The molecule has 1 aliphatic rings. The summed E-state index contributed by atoms with van der Waals surface area (Å²) in [5.74, 6) is 0.614. The number of benzene rings is 2. The number of carbonyl (C=O) groups excluding carboxylic acids is 1. The van der Waals surface area contributed by atoms with Gasteiger partial charge in [0, 0.05) is 16.8 Å². The van der Waals surface area contributed by atoms with Gasteiger partial charge in [-0.25, -0.2) is 4.79 Å². The molecule has 35 heavy (non-hydrogen) atoms. The van der Waals surface area contributed by atoms with Gasteiger partial charge in [-0.2, -0.15) is 0 Å². The first-order valence-electron chi connectivity index (χ1n) is 10.7. The molecule has 2 aromatic carbocycles. The fourth-order valence-corrected chi connectivity index (χ4v) is 4.74. The molecule has 1 fully saturated rings. The third kappa shape index (κ3) is 4.22. The van der Waals surface area contributed by atoms with Crippen molar-refractivity contribution >= 4 is 40.6 Å². The van der Waals surface area contributed by atoms with Crippen LogP contribution in [0.15, 0.2) is 83.4 Å². The van der Waals surface area contributed by atoms with Crippen LogP contribution in [-0.2, 0) is 4.74 Å². The highest BCUT2D eigenvalue weighted by Crippen LogP contribution is 2.46. The van der Waals surface area contributed by atoms with Gasteiger partial charge in [-0.05, 0) is 60.7 Å². The molecule has 1 aliphatic heterocycles. The summed E-state index contributed by atoms with van der Waals surface area (Å²) in [7, 11) is 1.34. The number of ether oxygens (including phenoxy) is 1. The minimum absolute atomic E-state index is 0.0213. The van der Waals surface area contributed by atoms with Gasteiger partial charge < -0.3 is 24.5 Å². The Bertz CT molecular complexity index is 1410. The predicted octanol–water partition coefficient (Wildman–Crippen LogP) is 5.66. The molecule has 2 aromatic heterocycles. The Morgan fingerprint density at radius 1 is 1.14 bits per heavy atom. The van der Waals surface area contributed by atoms with Crippen molar-refractivity contribution in [3.8, 4) is 17.1 Å². The highest BCUT2D eigenvalue weighted by Gasteiger charge is 2.43. The van der Waals surface area contributed by atoms with Crippen LogP contribution in [0, 0.1) is 0 Å². The van der Waals surface area contributed by atoms with E-state index in [1.165, 1.54) is 13.2 Å². The summed E-state index contributed by atoms with van der Waals surface area (Å²) < 4.78 is 11.2. The van der Waals surface area contributed by atoms with Crippen LogP contribution in [0.1, 0.15) is 33.9 Å². The molecule has 2 N–H and O–H groups in total. The lowest BCUT2D eigenvalue weighted by Crippen LogP contribution is -2.29. The maximum absolute atomic E-state index is 12.3. The average Bonchev–Trinajstić information content (AvgIpc) is 3.50. The van der Waals surface area contributed by atoms with Gasteiger partial charge in [-0.3, -0.25) is 4.98 Å². The fourth-order valence-electron chi connectivity index (χ4n) is 4.24. The van der Waals surface area contributed by atoms with Gasteiger partial charge in [0.15, 0.2) is 5.11 Å². The van der Waals surface area contributed by atoms with Crippen LogP contribution in [-0.4, -0.2) is 28.3 Å². The number of methoxy groups -OCH3 is 1. The molecular formula is C26H20ClN3O4S. The third-order valence-corrected chi connectivity index (χ3v) is 6.36. The van der Waals surface area contributed by atoms with Gasteiger partial charge in [0.05, 0.1) is 30.1 Å². The molecule has 0 saturated carbocycles. The molecule has 176 valence electrons. The number of esters is 1. The predicted molar refractivity (Wildman–Crippen MR) is 137 cm³/mol. The number of pyridine rings is 1. The normalized spacial score (nSPS) is 17.3. The van der Waals surface area contributed by atoms with Crippen molar-refractivity contribution < 1.29 is 19.1 Å². The van der Waals surface area contributed by atoms with Crippen molar-refractivity contribution in [2.45, 2.75) is 12.1 Å². The van der Waals surface area contributed by atoms with E-state index in [2.05, 4.69) is 10.3 Å². The number of aromatic hydroxyl groups is 1. The molecular weight excluding hydrogens is 486 g/mol. The van der Waals surface area contributed by atoms with Gasteiger partial charge in [0.25, 0.3) is 0 Å². The van der Waals surface area contributed by atoms with Crippen molar-refractivity contribution in [3.63, 3.8) is 0 Å². The lowest BCUT2D eigenvalue weighted by atomic mass is 10.0. The second kappa shape index (κ2) is 9.40. The SMILES string of the molecule is COC(=O)c1ccccc1-c1ccc([C@H]2[C@H](c3ccccn3)NC(=S)N2c2cc(Cl)ccc2O)o1. The molecule has 7 nitrogen and oxygen atoms in total. The van der Waals surface area contributed by atoms with Crippen molar-refractivity contribution in [2.75, 3.05) is 12.0 Å². The van der Waals surface area contributed by atoms with Crippen LogP contribution >= 0.6 is 23.8 Å². The van der Waals surface area contributed by atoms with Crippen molar-refractivity contribution in [1.29, 1.82) is 0 Å². The second-order valence-corrected chi connectivity index (χ2v) is 8.69. The zero-order valence-corrected chi connectivity index (χ0v) is 20.1. The summed E-state index contributed by atoms with van der Waals surface area (Å²) in [4.78, 5) is 18.6. The molecule has 1 saturated heterocycles. The zero-order valence-electron chi connectivity index (χ0n) is 18.5. The van der Waals surface area contributed by atoms with Crippen molar-refractivity contribution in [1.82, 2.24) is 10.3 Å². The first kappa shape index (κ1) is 22.9. The molecule has 0 unspecified atom stereocenters. The van der Waals surface area contributed by atoms with Crippen LogP contribution in [0.25, 0.3) is 11.3 Å². The lowest BCUT2D eigenvalue weighted by Gasteiger charge is -2.26. The van der Waals surface area contributed by atoms with E-state index in [1.54, 1.807) is 47.5 Å². The Morgan fingerprint density at radius 3 is 2.71 bits per heavy atom. The largest absolute Gasteiger partial charge is 0.506 e. The maximum Gasteiger partial charge on any atom is 0.338 e. The van der Waals surface area contributed by atoms with Crippen molar-refractivity contribution in [2.24, 2.45) is 0 Å². The minimum Gasteiger partial charge on any atom is -0.506 e. The molecule has 0 aliphatic carbocycles. The Kier molecular flexibility index (Phi) is 6.15. The number of furan rings is 1. The van der Waals surface area contributed by atoms with E-state index in [9.17, 15) is 9.90 Å². The summed E-state index contributed by atoms with van der Waals surface area (Å²) >= 11 is 11.9. The third-order valence-electron chi connectivity index (χ3n) is 5.81. The van der Waals surface area contributed by atoms with E-state index in [4.69, 9.17) is 33.0 Å². The highest BCUT2D eigenvalue weighted by atomic mass is 35.5. The van der Waals surface area contributed by atoms with Gasteiger partial charge in [-0.15, -0.1) is 0 Å². The number of carbonyl (C=O) groups is 1. The Morgan fingerprint density at radius 2 is 1.94 bits per heavy atom. The number of aromatic nitrogens is 1. The second-order valence-electron chi connectivity index (χ2n) is 7.87. The number of nitrogens with one attached hydrogen (secondary N) is 1. The number of anilines is 1. The number of nitrogens with zero attached hydrogens (tertiary/aromatic N) is 2. The smallest absolute Gasteiger partial charge is 0.338 e. The van der Waals surface area contributed by atoms with Gasteiger partial charge in [0.1, 0.15) is 23.3 Å². The lowest BCUT2D eigenvalue weighted by molar-refractivity contribution is 0.0601. The first-order valence-corrected chi connectivity index (χ1v) is 11.5. The van der Waals surface area contributed by atoms with E-state index in [1.807, 2.05) is 30.3 Å². The number of phenols is 1. The molecule has 5 rings (SSSR count). The number of rotatable bonds is 5. The minimum atomic E-state index is -0.499. The van der Waals surface area contributed by atoms with Gasteiger partial charge in [0.2, 0.25) is 0 Å². The van der Waals surface area contributed by atoms with Crippen LogP contribution in [0.2, 0.25) is 5.02 Å². The van der Waals surface area contributed by atoms with Gasteiger partial charge >= 0.3 is 5.97 Å². The van der Waals surface area contributed by atoms with Crippen LogP contribution in [0.3, 0.4) is 0 Å². The molecule has 0 amide bonds. The van der Waals surface area contributed by atoms with Gasteiger partial charge in [-0.1, -0.05) is 35.9 Å². The Labute approximate surface area is 211 Å². The number of halogens is 1. The quantitative estimate of drug-likeness (QED) is 0.265. The zero-order chi connectivity index (χ0) is 24.5.